The Kier molecular flexibility index (Phi) is 5.08. The highest BCUT2D eigenvalue weighted by molar-refractivity contribution is 5.42. The number of aryl methyl sites for hydroxylation is 1. The molecule has 1 N–H and O–H groups in total. The molecule has 1 saturated carbocycles. The Morgan fingerprint density at radius 1 is 1.26 bits per heavy atom. The van der Waals surface area contributed by atoms with Crippen LogP contribution in [0.15, 0.2) is 18.2 Å². The molecule has 0 saturated heterocycles. The zero-order chi connectivity index (χ0) is 13.7. The number of likely N-dealkylation sites (N-methyl/N-ethyl adjacent to an activating group) is 1. The Hall–Kier alpha value is -1.22. The third-order valence-electron chi connectivity index (χ3n) is 4.08. The van der Waals surface area contributed by atoms with Crippen molar-refractivity contribution in [3.05, 3.63) is 23.8 Å². The van der Waals surface area contributed by atoms with Crippen molar-refractivity contribution < 1.29 is 9.47 Å². The van der Waals surface area contributed by atoms with Crippen molar-refractivity contribution in [2.75, 3.05) is 20.8 Å². The normalized spacial score (nSPS) is 17.4. The number of hydrogen-bond acceptors (Lipinski definition) is 3. The van der Waals surface area contributed by atoms with Gasteiger partial charge in [-0.2, -0.15) is 0 Å². The van der Waals surface area contributed by atoms with Crippen molar-refractivity contribution in [1.82, 2.24) is 5.32 Å². The highest BCUT2D eigenvalue weighted by Gasteiger charge is 2.24. The van der Waals surface area contributed by atoms with Crippen molar-refractivity contribution in [2.45, 2.75) is 38.6 Å². The van der Waals surface area contributed by atoms with Crippen LogP contribution in [0.1, 0.15) is 31.2 Å². The largest absolute Gasteiger partial charge is 0.493 e. The van der Waals surface area contributed by atoms with Gasteiger partial charge in [-0.3, -0.25) is 0 Å². The summed E-state index contributed by atoms with van der Waals surface area (Å²) < 4.78 is 11.3. The van der Waals surface area contributed by atoms with Crippen molar-refractivity contribution in [1.29, 1.82) is 0 Å². The molecule has 1 aliphatic rings. The van der Waals surface area contributed by atoms with E-state index in [1.165, 1.54) is 31.2 Å². The van der Waals surface area contributed by atoms with Gasteiger partial charge in [-0.05, 0) is 50.4 Å². The summed E-state index contributed by atoms with van der Waals surface area (Å²) in [5.74, 6) is 2.41. The predicted octanol–water partition coefficient (Wildman–Crippen LogP) is 3.16. The molecule has 1 fully saturated rings. The summed E-state index contributed by atoms with van der Waals surface area (Å²) in [5, 5.41) is 3.40. The standard InChI is InChI=1S/C16H25NO2/c1-12-8-9-15(16(10-12)18-3)19-11-14(17-2)13-6-4-5-7-13/h8-10,13-14,17H,4-7,11H2,1-3H3. The van der Waals surface area contributed by atoms with Gasteiger partial charge in [-0.15, -0.1) is 0 Å². The van der Waals surface area contributed by atoms with E-state index >= 15 is 0 Å². The first kappa shape index (κ1) is 14.2. The highest BCUT2D eigenvalue weighted by atomic mass is 16.5. The Morgan fingerprint density at radius 2 is 2.00 bits per heavy atom. The van der Waals surface area contributed by atoms with Gasteiger partial charge in [0, 0.05) is 6.04 Å². The smallest absolute Gasteiger partial charge is 0.161 e. The second kappa shape index (κ2) is 6.80. The SMILES string of the molecule is CNC(COc1ccc(C)cc1OC)C1CCCC1. The average Bonchev–Trinajstić information content (AvgIpc) is 2.94. The zero-order valence-electron chi connectivity index (χ0n) is 12.2. The zero-order valence-corrected chi connectivity index (χ0v) is 12.2. The maximum atomic E-state index is 5.96. The summed E-state index contributed by atoms with van der Waals surface area (Å²) in [5.41, 5.74) is 1.19. The molecule has 0 aliphatic heterocycles. The Morgan fingerprint density at radius 3 is 2.63 bits per heavy atom. The van der Waals surface area contributed by atoms with Crippen molar-refractivity contribution in [3.63, 3.8) is 0 Å². The molecule has 0 spiro atoms. The molecular formula is C16H25NO2. The monoisotopic (exact) mass is 263 g/mol. The third-order valence-corrected chi connectivity index (χ3v) is 4.08. The Bertz CT molecular complexity index is 400. The van der Waals surface area contributed by atoms with Crippen LogP contribution in [-0.4, -0.2) is 26.8 Å². The number of benzene rings is 1. The van der Waals surface area contributed by atoms with Crippen LogP contribution in [-0.2, 0) is 0 Å². The van der Waals surface area contributed by atoms with Crippen LogP contribution in [0.4, 0.5) is 0 Å². The minimum atomic E-state index is 0.438. The molecule has 1 aliphatic carbocycles. The van der Waals surface area contributed by atoms with Crippen LogP contribution in [0, 0.1) is 12.8 Å². The molecule has 106 valence electrons. The van der Waals surface area contributed by atoms with E-state index in [0.29, 0.717) is 12.6 Å². The van der Waals surface area contributed by atoms with E-state index in [4.69, 9.17) is 9.47 Å². The number of methoxy groups -OCH3 is 1. The first-order valence-corrected chi connectivity index (χ1v) is 7.19. The molecule has 0 aromatic heterocycles. The lowest BCUT2D eigenvalue weighted by Gasteiger charge is -2.23. The van der Waals surface area contributed by atoms with E-state index in [1.807, 2.05) is 19.2 Å². The number of nitrogens with one attached hydrogen (secondary N) is 1. The highest BCUT2D eigenvalue weighted by Crippen LogP contribution is 2.30. The minimum absolute atomic E-state index is 0.438. The van der Waals surface area contributed by atoms with Gasteiger partial charge < -0.3 is 14.8 Å². The van der Waals surface area contributed by atoms with Gasteiger partial charge in [-0.25, -0.2) is 0 Å². The number of ether oxygens (including phenoxy) is 2. The van der Waals surface area contributed by atoms with E-state index in [0.717, 1.165) is 17.4 Å². The summed E-state index contributed by atoms with van der Waals surface area (Å²) >= 11 is 0. The van der Waals surface area contributed by atoms with Gasteiger partial charge in [0.25, 0.3) is 0 Å². The molecule has 1 aromatic rings. The maximum Gasteiger partial charge on any atom is 0.161 e. The fourth-order valence-corrected chi connectivity index (χ4v) is 2.89. The van der Waals surface area contributed by atoms with E-state index in [1.54, 1.807) is 7.11 Å². The summed E-state index contributed by atoms with van der Waals surface area (Å²) in [4.78, 5) is 0. The van der Waals surface area contributed by atoms with E-state index < -0.39 is 0 Å². The summed E-state index contributed by atoms with van der Waals surface area (Å²) in [7, 11) is 3.72. The molecule has 2 rings (SSSR count). The first-order chi connectivity index (χ1) is 9.24. The molecular weight excluding hydrogens is 238 g/mol. The molecule has 3 nitrogen and oxygen atoms in total. The van der Waals surface area contributed by atoms with Gasteiger partial charge in [0.15, 0.2) is 11.5 Å². The molecule has 0 heterocycles. The van der Waals surface area contributed by atoms with Crippen LogP contribution in [0.25, 0.3) is 0 Å². The van der Waals surface area contributed by atoms with Crippen molar-refractivity contribution in [2.24, 2.45) is 5.92 Å². The molecule has 1 aromatic carbocycles. The second-order valence-corrected chi connectivity index (χ2v) is 5.41. The fourth-order valence-electron chi connectivity index (χ4n) is 2.89. The lowest BCUT2D eigenvalue weighted by molar-refractivity contribution is 0.217. The predicted molar refractivity (Wildman–Crippen MR) is 78.0 cm³/mol. The fraction of sp³-hybridized carbons (Fsp3) is 0.625. The van der Waals surface area contributed by atoms with E-state index in [2.05, 4.69) is 18.3 Å². The lowest BCUT2D eigenvalue weighted by atomic mass is 9.99. The van der Waals surface area contributed by atoms with Crippen molar-refractivity contribution in [3.8, 4) is 11.5 Å². The van der Waals surface area contributed by atoms with Gasteiger partial charge in [0.1, 0.15) is 6.61 Å². The molecule has 0 amide bonds. The molecule has 1 atom stereocenters. The first-order valence-electron chi connectivity index (χ1n) is 7.19. The quantitative estimate of drug-likeness (QED) is 0.855. The van der Waals surface area contributed by atoms with E-state index in [9.17, 15) is 0 Å². The maximum absolute atomic E-state index is 5.96. The Balaban J connectivity index is 1.96. The molecule has 0 bridgehead atoms. The van der Waals surface area contributed by atoms with Crippen LogP contribution in [0.2, 0.25) is 0 Å². The summed E-state index contributed by atoms with van der Waals surface area (Å²) in [6, 6.07) is 6.50. The number of hydrogen-bond donors (Lipinski definition) is 1. The lowest BCUT2D eigenvalue weighted by Crippen LogP contribution is -2.37. The summed E-state index contributed by atoms with van der Waals surface area (Å²) in [6.45, 7) is 2.77. The molecule has 1 unspecified atom stereocenters. The van der Waals surface area contributed by atoms with Gasteiger partial charge >= 0.3 is 0 Å². The van der Waals surface area contributed by atoms with Gasteiger partial charge in [0.05, 0.1) is 7.11 Å². The van der Waals surface area contributed by atoms with Crippen LogP contribution < -0.4 is 14.8 Å². The topological polar surface area (TPSA) is 30.5 Å². The Labute approximate surface area is 116 Å². The van der Waals surface area contributed by atoms with Gasteiger partial charge in [0.2, 0.25) is 0 Å². The molecule has 3 heteroatoms. The third kappa shape index (κ3) is 3.63. The molecule has 0 radical (unpaired) electrons. The summed E-state index contributed by atoms with van der Waals surface area (Å²) in [6.07, 6.45) is 5.35. The van der Waals surface area contributed by atoms with Crippen LogP contribution in [0.5, 0.6) is 11.5 Å². The van der Waals surface area contributed by atoms with Crippen molar-refractivity contribution >= 4 is 0 Å². The average molecular weight is 263 g/mol. The second-order valence-electron chi connectivity index (χ2n) is 5.41. The van der Waals surface area contributed by atoms with Gasteiger partial charge in [-0.1, -0.05) is 18.9 Å². The van der Waals surface area contributed by atoms with Crippen LogP contribution >= 0.6 is 0 Å². The van der Waals surface area contributed by atoms with E-state index in [-0.39, 0.29) is 0 Å². The van der Waals surface area contributed by atoms with Crippen LogP contribution in [0.3, 0.4) is 0 Å². The number of rotatable bonds is 6. The molecule has 19 heavy (non-hydrogen) atoms. The minimum Gasteiger partial charge on any atom is -0.493 e.